The van der Waals surface area contributed by atoms with E-state index in [9.17, 15) is 22.8 Å². The average Bonchev–Trinajstić information content (AvgIpc) is 3.37. The van der Waals surface area contributed by atoms with Crippen LogP contribution in [0, 0.1) is 13.8 Å². The minimum Gasteiger partial charge on any atom is -0.364 e. The third kappa shape index (κ3) is 3.38. The number of hydrogen-bond acceptors (Lipinski definition) is 4. The molecule has 10 heteroatoms. The Morgan fingerprint density at radius 1 is 1.35 bits per heavy atom. The largest absolute Gasteiger partial charge is 0.440 e. The maximum Gasteiger partial charge on any atom is 0.440 e. The standard InChI is InChI=1S/C21H23F3N4O3/c1-11-8-15-16(9-12(11)2)28-19(25-15)26-18(30)20(28,21(22,23)24)27-17(29)13(3)31-10-14-6-4-5-7-14/h6,8-9,13H,4-5,7,10H2,1-3H3,(H,27,29)(H,25,26,30). The first kappa shape index (κ1) is 21.4. The molecule has 2 aliphatic rings. The lowest BCUT2D eigenvalue weighted by Gasteiger charge is -2.33. The number of halogens is 3. The van der Waals surface area contributed by atoms with Gasteiger partial charge < -0.3 is 10.1 Å². The molecule has 2 atom stereocenters. The van der Waals surface area contributed by atoms with Gasteiger partial charge in [0.25, 0.3) is 17.5 Å². The summed E-state index contributed by atoms with van der Waals surface area (Å²) in [5, 5.41) is 4.10. The molecule has 1 aromatic carbocycles. The Bertz CT molecular complexity index is 1110. The molecule has 1 aliphatic carbocycles. The Hall–Kier alpha value is -2.88. The second-order valence-corrected chi connectivity index (χ2v) is 8.06. The van der Waals surface area contributed by atoms with Gasteiger partial charge in [-0.05, 0) is 68.9 Å². The number of fused-ring (bicyclic) bond motifs is 3. The van der Waals surface area contributed by atoms with Crippen LogP contribution in [-0.2, 0) is 20.0 Å². The number of aryl methyl sites for hydroxylation is 2. The van der Waals surface area contributed by atoms with Gasteiger partial charge in [-0.3, -0.25) is 19.5 Å². The predicted octanol–water partition coefficient (Wildman–Crippen LogP) is 3.45. The molecule has 0 bridgehead atoms. The number of anilines is 1. The smallest absolute Gasteiger partial charge is 0.364 e. The molecule has 2 heterocycles. The van der Waals surface area contributed by atoms with E-state index in [1.54, 1.807) is 13.0 Å². The van der Waals surface area contributed by atoms with Crippen LogP contribution in [0.4, 0.5) is 19.1 Å². The number of alkyl halides is 3. The average molecular weight is 436 g/mol. The number of aromatic nitrogens is 2. The Balaban J connectivity index is 1.71. The second kappa shape index (κ2) is 7.37. The number of rotatable bonds is 5. The quantitative estimate of drug-likeness (QED) is 0.703. The first-order valence-corrected chi connectivity index (χ1v) is 10.0. The topological polar surface area (TPSA) is 85.2 Å². The molecule has 0 saturated carbocycles. The van der Waals surface area contributed by atoms with Crippen LogP contribution in [0.3, 0.4) is 0 Å². The zero-order valence-electron chi connectivity index (χ0n) is 17.4. The van der Waals surface area contributed by atoms with Crippen LogP contribution in [0.5, 0.6) is 0 Å². The number of hydrogen-bond donors (Lipinski definition) is 2. The van der Waals surface area contributed by atoms with Gasteiger partial charge in [0.15, 0.2) is 0 Å². The Morgan fingerprint density at radius 2 is 2.06 bits per heavy atom. The van der Waals surface area contributed by atoms with Crippen molar-refractivity contribution in [2.24, 2.45) is 0 Å². The molecule has 2 N–H and O–H groups in total. The summed E-state index contributed by atoms with van der Waals surface area (Å²) >= 11 is 0. The van der Waals surface area contributed by atoms with Crippen LogP contribution < -0.4 is 10.6 Å². The van der Waals surface area contributed by atoms with Gasteiger partial charge in [-0.2, -0.15) is 13.2 Å². The molecule has 2 amide bonds. The summed E-state index contributed by atoms with van der Waals surface area (Å²) in [5.41, 5.74) is -0.339. The van der Waals surface area contributed by atoms with E-state index in [1.807, 2.05) is 18.3 Å². The van der Waals surface area contributed by atoms with E-state index in [0.29, 0.717) is 5.52 Å². The summed E-state index contributed by atoms with van der Waals surface area (Å²) < 4.78 is 49.4. The van der Waals surface area contributed by atoms with Crippen molar-refractivity contribution in [3.63, 3.8) is 0 Å². The fraction of sp³-hybridized carbons (Fsp3) is 0.476. The van der Waals surface area contributed by atoms with Crippen molar-refractivity contribution in [1.29, 1.82) is 0 Å². The van der Waals surface area contributed by atoms with Crippen molar-refractivity contribution in [1.82, 2.24) is 14.9 Å². The van der Waals surface area contributed by atoms with Crippen molar-refractivity contribution in [3.05, 3.63) is 34.9 Å². The van der Waals surface area contributed by atoms with Crippen molar-refractivity contribution in [2.75, 3.05) is 11.9 Å². The van der Waals surface area contributed by atoms with Gasteiger partial charge >= 0.3 is 6.18 Å². The van der Waals surface area contributed by atoms with Gasteiger partial charge in [0.2, 0.25) is 5.95 Å². The van der Waals surface area contributed by atoms with Gasteiger partial charge in [0.05, 0.1) is 17.6 Å². The van der Waals surface area contributed by atoms with Crippen LogP contribution in [0.1, 0.15) is 37.3 Å². The number of imidazole rings is 1. The van der Waals surface area contributed by atoms with Gasteiger partial charge in [-0.15, -0.1) is 0 Å². The summed E-state index contributed by atoms with van der Waals surface area (Å²) in [6.45, 7) is 5.09. The fourth-order valence-corrected chi connectivity index (χ4v) is 3.94. The summed E-state index contributed by atoms with van der Waals surface area (Å²) in [7, 11) is 0. The van der Waals surface area contributed by atoms with Gasteiger partial charge in [0, 0.05) is 0 Å². The van der Waals surface area contributed by atoms with E-state index < -0.39 is 29.8 Å². The summed E-state index contributed by atoms with van der Waals surface area (Å²) in [5.74, 6) is -2.72. The molecule has 2 aromatic rings. The molecular weight excluding hydrogens is 413 g/mol. The minimum atomic E-state index is -5.13. The SMILES string of the molecule is Cc1cc2nc3n(c2cc1C)C(NC(=O)C(C)OCC1=CCCC1)(C(F)(F)F)C(=O)N3. The molecule has 1 aliphatic heterocycles. The molecule has 0 fully saturated rings. The summed E-state index contributed by atoms with van der Waals surface area (Å²) in [6.07, 6.45) is -1.56. The highest BCUT2D eigenvalue weighted by Crippen LogP contribution is 2.44. The number of amides is 2. The highest BCUT2D eigenvalue weighted by molar-refractivity contribution is 6.05. The number of carbonyl (C=O) groups is 2. The minimum absolute atomic E-state index is 0.0961. The van der Waals surface area contributed by atoms with Crippen LogP contribution in [0.2, 0.25) is 0 Å². The van der Waals surface area contributed by atoms with E-state index in [-0.39, 0.29) is 18.1 Å². The number of allylic oxidation sites excluding steroid dienone is 1. The highest BCUT2D eigenvalue weighted by Gasteiger charge is 2.68. The van der Waals surface area contributed by atoms with Gasteiger partial charge in [-0.1, -0.05) is 6.08 Å². The van der Waals surface area contributed by atoms with Crippen molar-refractivity contribution in [3.8, 4) is 0 Å². The lowest BCUT2D eigenvalue weighted by molar-refractivity contribution is -0.218. The normalized spacial score (nSPS) is 21.7. The van der Waals surface area contributed by atoms with E-state index in [0.717, 1.165) is 40.5 Å². The highest BCUT2D eigenvalue weighted by atomic mass is 19.4. The monoisotopic (exact) mass is 436 g/mol. The number of ether oxygens (including phenoxy) is 1. The summed E-state index contributed by atoms with van der Waals surface area (Å²) in [6, 6.07) is 3.17. The van der Waals surface area contributed by atoms with E-state index >= 15 is 0 Å². The van der Waals surface area contributed by atoms with Crippen LogP contribution in [-0.4, -0.2) is 40.3 Å². The molecular formula is C21H23F3N4O3. The first-order chi connectivity index (χ1) is 14.5. The van der Waals surface area contributed by atoms with E-state index in [1.165, 1.54) is 13.0 Å². The third-order valence-corrected chi connectivity index (χ3v) is 5.90. The van der Waals surface area contributed by atoms with E-state index in [4.69, 9.17) is 4.74 Å². The zero-order chi connectivity index (χ0) is 22.6. The number of nitrogens with one attached hydrogen (secondary N) is 2. The fourth-order valence-electron chi connectivity index (χ4n) is 3.94. The molecule has 2 unspecified atom stereocenters. The number of carbonyl (C=O) groups excluding carboxylic acids is 2. The first-order valence-electron chi connectivity index (χ1n) is 10.0. The van der Waals surface area contributed by atoms with E-state index in [2.05, 4.69) is 10.3 Å². The van der Waals surface area contributed by atoms with Crippen LogP contribution in [0.15, 0.2) is 23.8 Å². The Morgan fingerprint density at radius 3 is 2.71 bits per heavy atom. The van der Waals surface area contributed by atoms with Crippen LogP contribution >= 0.6 is 0 Å². The maximum atomic E-state index is 14.4. The molecule has 166 valence electrons. The molecule has 4 rings (SSSR count). The zero-order valence-corrected chi connectivity index (χ0v) is 17.4. The number of benzene rings is 1. The second-order valence-electron chi connectivity index (χ2n) is 8.06. The molecule has 7 nitrogen and oxygen atoms in total. The number of nitrogens with zero attached hydrogens (tertiary/aromatic N) is 2. The predicted molar refractivity (Wildman–Crippen MR) is 107 cm³/mol. The Labute approximate surface area is 176 Å². The van der Waals surface area contributed by atoms with Crippen molar-refractivity contribution < 1.29 is 27.5 Å². The van der Waals surface area contributed by atoms with Crippen molar-refractivity contribution in [2.45, 2.75) is 58.0 Å². The van der Waals surface area contributed by atoms with Gasteiger partial charge in [-0.25, -0.2) is 4.98 Å². The Kier molecular flexibility index (Phi) is 5.07. The molecule has 0 radical (unpaired) electrons. The van der Waals surface area contributed by atoms with Crippen molar-refractivity contribution >= 4 is 28.8 Å². The molecule has 1 aromatic heterocycles. The molecule has 0 saturated heterocycles. The molecule has 0 spiro atoms. The lowest BCUT2D eigenvalue weighted by Crippen LogP contribution is -2.64. The van der Waals surface area contributed by atoms with Crippen LogP contribution in [0.25, 0.3) is 11.0 Å². The third-order valence-electron chi connectivity index (χ3n) is 5.90. The summed E-state index contributed by atoms with van der Waals surface area (Å²) in [4.78, 5) is 29.5. The maximum absolute atomic E-state index is 14.4. The lowest BCUT2D eigenvalue weighted by atomic mass is 10.1. The van der Waals surface area contributed by atoms with Gasteiger partial charge in [0.1, 0.15) is 6.10 Å². The molecule has 31 heavy (non-hydrogen) atoms.